The molecule has 4 unspecified atom stereocenters. The highest BCUT2D eigenvalue weighted by molar-refractivity contribution is 5.91. The van der Waals surface area contributed by atoms with Gasteiger partial charge in [0, 0.05) is 48.6 Å². The van der Waals surface area contributed by atoms with Crippen LogP contribution in [0.4, 0.5) is 8.78 Å². The molecule has 3 heterocycles. The number of rotatable bonds is 4. The van der Waals surface area contributed by atoms with Gasteiger partial charge in [-0.15, -0.1) is 0 Å². The summed E-state index contributed by atoms with van der Waals surface area (Å²) >= 11 is 0. The van der Waals surface area contributed by atoms with Gasteiger partial charge in [0.1, 0.15) is 6.04 Å². The van der Waals surface area contributed by atoms with Gasteiger partial charge in [0.15, 0.2) is 0 Å². The van der Waals surface area contributed by atoms with Gasteiger partial charge in [-0.3, -0.25) is 4.79 Å². The number of benzene rings is 1. The number of hydrogen-bond acceptors (Lipinski definition) is 3. The normalized spacial score (nSPS) is 27.0. The molecule has 5 rings (SSSR count). The highest BCUT2D eigenvalue weighted by atomic mass is 19.3. The van der Waals surface area contributed by atoms with Crippen molar-refractivity contribution in [1.29, 1.82) is 0 Å². The molecular weight excluding hydrogens is 388 g/mol. The smallest absolute Gasteiger partial charge is 0.267 e. The number of carbonyl (C=O) groups excluding carboxylic acids is 1. The fourth-order valence-electron chi connectivity index (χ4n) is 6.02. The quantitative estimate of drug-likeness (QED) is 0.804. The summed E-state index contributed by atoms with van der Waals surface area (Å²) < 4.78 is 29.8. The van der Waals surface area contributed by atoms with E-state index >= 15 is 0 Å². The summed E-state index contributed by atoms with van der Waals surface area (Å²) in [6, 6.07) is 5.26. The molecule has 1 saturated heterocycles. The van der Waals surface area contributed by atoms with Crippen molar-refractivity contribution in [2.24, 2.45) is 5.92 Å². The minimum Gasteiger partial charge on any atom is -0.394 e. The molecule has 30 heavy (non-hydrogen) atoms. The number of amides is 1. The van der Waals surface area contributed by atoms with Crippen LogP contribution in [-0.4, -0.2) is 58.7 Å². The van der Waals surface area contributed by atoms with Crippen molar-refractivity contribution in [3.05, 3.63) is 35.0 Å². The lowest BCUT2D eigenvalue weighted by Gasteiger charge is -2.45. The maximum atomic E-state index is 13.7. The van der Waals surface area contributed by atoms with E-state index in [9.17, 15) is 18.7 Å². The zero-order chi connectivity index (χ0) is 21.2. The highest BCUT2D eigenvalue weighted by Gasteiger charge is 2.44. The van der Waals surface area contributed by atoms with Crippen LogP contribution in [0.2, 0.25) is 0 Å². The number of nitrogens with zero attached hydrogens (tertiary/aromatic N) is 2. The number of halogens is 2. The fraction of sp³-hybridized carbons (Fsp3) is 0.609. The van der Waals surface area contributed by atoms with Crippen LogP contribution in [0.5, 0.6) is 0 Å². The van der Waals surface area contributed by atoms with E-state index in [1.54, 1.807) is 0 Å². The van der Waals surface area contributed by atoms with Crippen molar-refractivity contribution in [1.82, 2.24) is 14.8 Å². The molecule has 1 aromatic heterocycles. The van der Waals surface area contributed by atoms with Crippen LogP contribution in [0.25, 0.3) is 10.9 Å². The molecule has 0 saturated carbocycles. The number of piperidine rings is 1. The van der Waals surface area contributed by atoms with E-state index in [1.807, 2.05) is 7.05 Å². The third-order valence-corrected chi connectivity index (χ3v) is 7.51. The molecule has 7 heteroatoms. The zero-order valence-corrected chi connectivity index (χ0v) is 17.5. The van der Waals surface area contributed by atoms with Crippen molar-refractivity contribution >= 4 is 16.8 Å². The van der Waals surface area contributed by atoms with Crippen molar-refractivity contribution < 1.29 is 18.7 Å². The van der Waals surface area contributed by atoms with Gasteiger partial charge < -0.3 is 19.9 Å². The number of likely N-dealkylation sites (tertiary alicyclic amines) is 1. The Morgan fingerprint density at radius 2 is 2.20 bits per heavy atom. The first-order chi connectivity index (χ1) is 14.3. The molecule has 1 aliphatic carbocycles. The molecular formula is C23H29F2N3O2. The van der Waals surface area contributed by atoms with E-state index in [1.165, 1.54) is 34.1 Å². The second kappa shape index (κ2) is 7.02. The Labute approximate surface area is 175 Å². The number of aryl methyl sites for hydroxylation is 1. The summed E-state index contributed by atoms with van der Waals surface area (Å²) in [6.07, 6.45) is 3.96. The summed E-state index contributed by atoms with van der Waals surface area (Å²) in [5.41, 5.74) is 5.54. The summed E-state index contributed by atoms with van der Waals surface area (Å²) in [5, 5.41) is 13.1. The Morgan fingerprint density at radius 1 is 1.40 bits per heavy atom. The molecule has 0 spiro atoms. The number of aromatic nitrogens is 1. The average molecular weight is 418 g/mol. The van der Waals surface area contributed by atoms with Crippen LogP contribution >= 0.6 is 0 Å². The number of fused-ring (bicyclic) bond motifs is 5. The number of aliphatic hydroxyl groups excluding tert-OH is 1. The van der Waals surface area contributed by atoms with Crippen LogP contribution in [0, 0.1) is 5.92 Å². The standard InChI is InChI=1S/C23H29F2N3O2/c1-23(24,25)20(12-29)26-22(30)13-9-15-14-5-3-6-18-21(14)16(10-19(15)27(2)11-13)17-7-4-8-28(17)18/h3,5-6,13,15,19-20,29H,4,7-12H2,1-2H3,(H,26,30). The number of aliphatic hydroxyl groups is 1. The maximum Gasteiger partial charge on any atom is 0.267 e. The Bertz CT molecular complexity index is 996. The van der Waals surface area contributed by atoms with Crippen LogP contribution in [-0.2, 0) is 24.2 Å². The van der Waals surface area contributed by atoms with Crippen molar-refractivity contribution in [3.63, 3.8) is 0 Å². The molecule has 0 bridgehead atoms. The van der Waals surface area contributed by atoms with Crippen LogP contribution in [0.15, 0.2) is 18.2 Å². The zero-order valence-electron chi connectivity index (χ0n) is 17.5. The maximum absolute atomic E-state index is 13.7. The van der Waals surface area contributed by atoms with E-state index in [0.717, 1.165) is 26.3 Å². The predicted octanol–water partition coefficient (Wildman–Crippen LogP) is 2.68. The molecule has 162 valence electrons. The number of hydrogen-bond donors (Lipinski definition) is 2. The highest BCUT2D eigenvalue weighted by Crippen LogP contribution is 2.47. The third kappa shape index (κ3) is 2.97. The minimum absolute atomic E-state index is 0.202. The molecule has 1 fully saturated rings. The van der Waals surface area contributed by atoms with E-state index in [4.69, 9.17) is 0 Å². The third-order valence-electron chi connectivity index (χ3n) is 7.51. The van der Waals surface area contributed by atoms with Crippen LogP contribution in [0.1, 0.15) is 42.5 Å². The lowest BCUT2D eigenvalue weighted by molar-refractivity contribution is -0.132. The molecule has 2 N–H and O–H groups in total. The van der Waals surface area contributed by atoms with Gasteiger partial charge in [-0.1, -0.05) is 12.1 Å². The Hall–Kier alpha value is -1.99. The van der Waals surface area contributed by atoms with Gasteiger partial charge in [0.2, 0.25) is 5.91 Å². The fourth-order valence-corrected chi connectivity index (χ4v) is 6.02. The number of nitrogens with one attached hydrogen (secondary N) is 1. The van der Waals surface area contributed by atoms with E-state index in [2.05, 4.69) is 33.0 Å². The van der Waals surface area contributed by atoms with Gasteiger partial charge >= 0.3 is 0 Å². The SMILES string of the molecule is CN1CC(C(=O)NC(CO)C(C)(F)F)CC2c3cccc4c3c(c3n4CCC3)CC21. The van der Waals surface area contributed by atoms with E-state index in [-0.39, 0.29) is 11.8 Å². The lowest BCUT2D eigenvalue weighted by atomic mass is 9.71. The van der Waals surface area contributed by atoms with Gasteiger partial charge in [-0.25, -0.2) is 8.78 Å². The summed E-state index contributed by atoms with van der Waals surface area (Å²) in [7, 11) is 2.04. The molecule has 3 aliphatic rings. The first-order valence-corrected chi connectivity index (χ1v) is 10.9. The predicted molar refractivity (Wildman–Crippen MR) is 111 cm³/mol. The summed E-state index contributed by atoms with van der Waals surface area (Å²) in [6.45, 7) is 1.57. The number of likely N-dealkylation sites (N-methyl/N-ethyl adjacent to an activating group) is 1. The second-order valence-corrected chi connectivity index (χ2v) is 9.37. The Balaban J connectivity index is 1.46. The van der Waals surface area contributed by atoms with Crippen LogP contribution < -0.4 is 5.32 Å². The minimum atomic E-state index is -3.16. The van der Waals surface area contributed by atoms with E-state index < -0.39 is 24.5 Å². The summed E-state index contributed by atoms with van der Waals surface area (Å²) in [5.74, 6) is -3.72. The summed E-state index contributed by atoms with van der Waals surface area (Å²) in [4.78, 5) is 15.1. The molecule has 1 amide bonds. The number of carbonyl (C=O) groups is 1. The van der Waals surface area contributed by atoms with Crippen molar-refractivity contribution in [2.75, 3.05) is 20.2 Å². The van der Waals surface area contributed by atoms with E-state index in [0.29, 0.717) is 19.0 Å². The van der Waals surface area contributed by atoms with Gasteiger partial charge in [-0.2, -0.15) is 0 Å². The largest absolute Gasteiger partial charge is 0.394 e. The first kappa shape index (κ1) is 19.9. The molecule has 0 radical (unpaired) electrons. The molecule has 2 aliphatic heterocycles. The molecule has 1 aromatic carbocycles. The first-order valence-electron chi connectivity index (χ1n) is 10.9. The number of alkyl halides is 2. The Morgan fingerprint density at radius 3 is 2.93 bits per heavy atom. The molecule has 5 nitrogen and oxygen atoms in total. The average Bonchev–Trinajstić information content (AvgIpc) is 3.29. The molecule has 2 aromatic rings. The lowest BCUT2D eigenvalue weighted by Crippen LogP contribution is -2.55. The van der Waals surface area contributed by atoms with Gasteiger partial charge in [-0.05, 0) is 49.9 Å². The second-order valence-electron chi connectivity index (χ2n) is 9.37. The monoisotopic (exact) mass is 417 g/mol. The van der Waals surface area contributed by atoms with Gasteiger partial charge in [0.05, 0.1) is 12.5 Å². The van der Waals surface area contributed by atoms with Crippen molar-refractivity contribution in [3.8, 4) is 0 Å². The van der Waals surface area contributed by atoms with Crippen LogP contribution in [0.3, 0.4) is 0 Å². The Kier molecular flexibility index (Phi) is 4.67. The molecule has 4 atom stereocenters. The topological polar surface area (TPSA) is 57.5 Å². The van der Waals surface area contributed by atoms with Gasteiger partial charge in [0.25, 0.3) is 5.92 Å². The van der Waals surface area contributed by atoms with Crippen molar-refractivity contribution in [2.45, 2.75) is 63.1 Å².